The van der Waals surface area contributed by atoms with Gasteiger partial charge in [0, 0.05) is 12.6 Å². The van der Waals surface area contributed by atoms with Crippen LogP contribution in [0.15, 0.2) is 12.1 Å². The van der Waals surface area contributed by atoms with Crippen molar-refractivity contribution < 1.29 is 4.92 Å². The van der Waals surface area contributed by atoms with E-state index in [0.29, 0.717) is 11.5 Å². The molecule has 0 spiro atoms. The first kappa shape index (κ1) is 13.4. The van der Waals surface area contributed by atoms with Crippen LogP contribution in [-0.2, 0) is 0 Å². The Labute approximate surface area is 101 Å². The summed E-state index contributed by atoms with van der Waals surface area (Å²) in [5, 5.41) is 13.8. The molecule has 0 saturated heterocycles. The van der Waals surface area contributed by atoms with Gasteiger partial charge >= 0.3 is 0 Å². The number of pyridine rings is 1. The molecule has 0 saturated carbocycles. The van der Waals surface area contributed by atoms with Crippen LogP contribution >= 0.6 is 0 Å². The van der Waals surface area contributed by atoms with Crippen molar-refractivity contribution in [3.05, 3.63) is 27.9 Å². The van der Waals surface area contributed by atoms with E-state index < -0.39 is 4.92 Å². The number of nitrogens with one attached hydrogen (secondary N) is 1. The third-order valence-electron chi connectivity index (χ3n) is 2.44. The lowest BCUT2D eigenvalue weighted by Crippen LogP contribution is -2.13. The quantitative estimate of drug-likeness (QED) is 0.645. The van der Waals surface area contributed by atoms with E-state index in [-0.39, 0.29) is 11.1 Å². The molecule has 0 bridgehead atoms. The summed E-state index contributed by atoms with van der Waals surface area (Å²) < 4.78 is 0. The predicted molar refractivity (Wildman–Crippen MR) is 68.2 cm³/mol. The van der Waals surface area contributed by atoms with E-state index >= 15 is 0 Å². The van der Waals surface area contributed by atoms with Crippen LogP contribution in [0.3, 0.4) is 0 Å². The first-order valence-electron chi connectivity index (χ1n) is 5.65. The highest BCUT2D eigenvalue weighted by molar-refractivity contribution is 5.44. The lowest BCUT2D eigenvalue weighted by molar-refractivity contribution is -0.385. The summed E-state index contributed by atoms with van der Waals surface area (Å²) in [7, 11) is 0. The number of anilines is 1. The number of nitrogens with zero attached hydrogens (tertiary/aromatic N) is 2. The number of nitro groups is 1. The molecule has 1 heterocycles. The summed E-state index contributed by atoms with van der Waals surface area (Å²) in [6.45, 7) is 8.97. The molecular weight excluding hydrogens is 218 g/mol. The van der Waals surface area contributed by atoms with Crippen LogP contribution in [-0.4, -0.2) is 16.5 Å². The molecule has 0 fully saturated rings. The zero-order chi connectivity index (χ0) is 13.1. The first-order chi connectivity index (χ1) is 7.79. The van der Waals surface area contributed by atoms with Gasteiger partial charge in [0.05, 0.1) is 4.92 Å². The highest BCUT2D eigenvalue weighted by atomic mass is 16.6. The number of hydrogen-bond donors (Lipinski definition) is 1. The zero-order valence-electron chi connectivity index (χ0n) is 10.8. The van der Waals surface area contributed by atoms with Gasteiger partial charge in [-0.1, -0.05) is 20.8 Å². The Hall–Kier alpha value is -1.65. The van der Waals surface area contributed by atoms with E-state index in [2.05, 4.69) is 31.1 Å². The van der Waals surface area contributed by atoms with E-state index in [0.717, 1.165) is 13.0 Å². The Balaban J connectivity index is 2.62. The molecule has 0 radical (unpaired) electrons. The molecule has 0 unspecified atom stereocenters. The summed E-state index contributed by atoms with van der Waals surface area (Å²) in [6, 6.07) is 3.13. The van der Waals surface area contributed by atoms with E-state index in [4.69, 9.17) is 0 Å². The first-order valence-corrected chi connectivity index (χ1v) is 5.65. The van der Waals surface area contributed by atoms with Gasteiger partial charge < -0.3 is 5.32 Å². The molecule has 0 aliphatic rings. The standard InChI is InChI=1S/C12H19N3O2/c1-9-10(15(16)17)5-6-11(14-9)13-8-7-12(2,3)4/h5-6H,7-8H2,1-4H3,(H,13,14). The van der Waals surface area contributed by atoms with E-state index in [1.165, 1.54) is 6.07 Å². The van der Waals surface area contributed by atoms with Crippen molar-refractivity contribution in [2.24, 2.45) is 5.41 Å². The van der Waals surface area contributed by atoms with Gasteiger partial charge in [-0.25, -0.2) is 4.98 Å². The second-order valence-electron chi connectivity index (χ2n) is 5.30. The predicted octanol–water partition coefficient (Wildman–Crippen LogP) is 3.15. The fraction of sp³-hybridized carbons (Fsp3) is 0.583. The maximum Gasteiger partial charge on any atom is 0.290 e. The Kier molecular flexibility index (Phi) is 4.04. The Morgan fingerprint density at radius 2 is 2.06 bits per heavy atom. The van der Waals surface area contributed by atoms with Crippen LogP contribution < -0.4 is 5.32 Å². The summed E-state index contributed by atoms with van der Waals surface area (Å²) in [5.74, 6) is 0.692. The summed E-state index contributed by atoms with van der Waals surface area (Å²) in [5.41, 5.74) is 0.769. The van der Waals surface area contributed by atoms with Crippen LogP contribution in [0.4, 0.5) is 11.5 Å². The van der Waals surface area contributed by atoms with Crippen LogP contribution in [0.1, 0.15) is 32.9 Å². The van der Waals surface area contributed by atoms with Crippen molar-refractivity contribution >= 4 is 11.5 Å². The second-order valence-corrected chi connectivity index (χ2v) is 5.30. The van der Waals surface area contributed by atoms with Gasteiger partial charge in [-0.05, 0) is 24.8 Å². The maximum absolute atomic E-state index is 10.6. The maximum atomic E-state index is 10.6. The third-order valence-corrected chi connectivity index (χ3v) is 2.44. The highest BCUT2D eigenvalue weighted by Crippen LogP contribution is 2.20. The molecule has 0 aromatic carbocycles. The van der Waals surface area contributed by atoms with Crippen molar-refractivity contribution in [2.75, 3.05) is 11.9 Å². The fourth-order valence-electron chi connectivity index (χ4n) is 1.41. The zero-order valence-corrected chi connectivity index (χ0v) is 10.8. The average molecular weight is 237 g/mol. The number of aromatic nitrogens is 1. The van der Waals surface area contributed by atoms with Crippen molar-refractivity contribution in [1.29, 1.82) is 0 Å². The van der Waals surface area contributed by atoms with E-state index in [1.807, 2.05) is 0 Å². The largest absolute Gasteiger partial charge is 0.370 e. The van der Waals surface area contributed by atoms with E-state index in [9.17, 15) is 10.1 Å². The highest BCUT2D eigenvalue weighted by Gasteiger charge is 2.12. The topological polar surface area (TPSA) is 68.1 Å². The molecular formula is C12H19N3O2. The fourth-order valence-corrected chi connectivity index (χ4v) is 1.41. The van der Waals surface area contributed by atoms with Gasteiger partial charge in [-0.3, -0.25) is 10.1 Å². The second kappa shape index (κ2) is 5.12. The molecule has 1 N–H and O–H groups in total. The molecule has 0 aliphatic heterocycles. The molecule has 1 aromatic rings. The van der Waals surface area contributed by atoms with Crippen LogP contribution in [0.25, 0.3) is 0 Å². The van der Waals surface area contributed by atoms with Gasteiger partial charge in [0.2, 0.25) is 0 Å². The summed E-state index contributed by atoms with van der Waals surface area (Å²) >= 11 is 0. The Bertz CT molecular complexity index is 411. The van der Waals surface area contributed by atoms with E-state index in [1.54, 1.807) is 13.0 Å². The monoisotopic (exact) mass is 237 g/mol. The van der Waals surface area contributed by atoms with Crippen LogP contribution in [0.2, 0.25) is 0 Å². The lowest BCUT2D eigenvalue weighted by atomic mass is 9.92. The minimum Gasteiger partial charge on any atom is -0.370 e. The number of aryl methyl sites for hydroxylation is 1. The van der Waals surface area contributed by atoms with Gasteiger partial charge in [0.25, 0.3) is 5.69 Å². The average Bonchev–Trinajstić information content (AvgIpc) is 2.15. The SMILES string of the molecule is Cc1nc(NCCC(C)(C)C)ccc1[N+](=O)[O-]. The molecule has 1 rings (SSSR count). The van der Waals surface area contributed by atoms with Crippen molar-refractivity contribution in [1.82, 2.24) is 4.98 Å². The molecule has 94 valence electrons. The molecule has 5 nitrogen and oxygen atoms in total. The lowest BCUT2D eigenvalue weighted by Gasteiger charge is -2.18. The molecule has 0 amide bonds. The van der Waals surface area contributed by atoms with Gasteiger partial charge in [-0.2, -0.15) is 0 Å². The van der Waals surface area contributed by atoms with Crippen LogP contribution in [0, 0.1) is 22.5 Å². The normalized spacial score (nSPS) is 11.3. The Morgan fingerprint density at radius 1 is 1.41 bits per heavy atom. The minimum atomic E-state index is -0.415. The summed E-state index contributed by atoms with van der Waals surface area (Å²) in [4.78, 5) is 14.4. The molecule has 5 heteroatoms. The Morgan fingerprint density at radius 3 is 2.53 bits per heavy atom. The summed E-state index contributed by atoms with van der Waals surface area (Å²) in [6.07, 6.45) is 1.02. The van der Waals surface area contributed by atoms with Crippen LogP contribution in [0.5, 0.6) is 0 Å². The molecule has 17 heavy (non-hydrogen) atoms. The molecule has 0 aliphatic carbocycles. The smallest absolute Gasteiger partial charge is 0.290 e. The molecule has 1 aromatic heterocycles. The van der Waals surface area contributed by atoms with Gasteiger partial charge in [-0.15, -0.1) is 0 Å². The minimum absolute atomic E-state index is 0.0615. The third kappa shape index (κ3) is 4.38. The number of rotatable bonds is 4. The number of hydrogen-bond acceptors (Lipinski definition) is 4. The molecule has 0 atom stereocenters. The van der Waals surface area contributed by atoms with Crippen molar-refractivity contribution in [3.8, 4) is 0 Å². The van der Waals surface area contributed by atoms with Gasteiger partial charge in [0.1, 0.15) is 11.5 Å². The van der Waals surface area contributed by atoms with Gasteiger partial charge in [0.15, 0.2) is 0 Å². The van der Waals surface area contributed by atoms with Crippen molar-refractivity contribution in [3.63, 3.8) is 0 Å². The van der Waals surface area contributed by atoms with Crippen molar-refractivity contribution in [2.45, 2.75) is 34.1 Å².